The number of nitrogens with two attached hydrogens (primary N) is 1. The molecule has 2 N–H and O–H groups in total. The average molecular weight is 286 g/mol. The first kappa shape index (κ1) is 14.9. The first-order valence-electron chi connectivity index (χ1n) is 5.50. The van der Waals surface area contributed by atoms with Gasteiger partial charge in [0.25, 0.3) is 0 Å². The van der Waals surface area contributed by atoms with Crippen molar-refractivity contribution in [1.29, 1.82) is 0 Å². The van der Waals surface area contributed by atoms with Gasteiger partial charge in [0.1, 0.15) is 5.82 Å². The largest absolute Gasteiger partial charge is 0.384 e. The van der Waals surface area contributed by atoms with Gasteiger partial charge in [0, 0.05) is 16.5 Å². The number of nitrogens with zero attached hydrogens (tertiary/aromatic N) is 2. The van der Waals surface area contributed by atoms with Gasteiger partial charge in [-0.3, -0.25) is 0 Å². The first-order valence-corrected chi connectivity index (χ1v) is 5.88. The third kappa shape index (κ3) is 2.98. The number of hydrogen-bond acceptors (Lipinski definition) is 2. The van der Waals surface area contributed by atoms with Gasteiger partial charge in [0.2, 0.25) is 0 Å². The molecule has 0 unspecified atom stereocenters. The van der Waals surface area contributed by atoms with Crippen molar-refractivity contribution < 1.29 is 0 Å². The lowest BCUT2D eigenvalue weighted by molar-refractivity contribution is 0.560. The fourth-order valence-electron chi connectivity index (χ4n) is 1.55. The Kier molecular flexibility index (Phi) is 4.30. The molecule has 18 heavy (non-hydrogen) atoms. The molecule has 1 heterocycles. The van der Waals surface area contributed by atoms with Crippen LogP contribution in [0, 0.1) is 0 Å². The van der Waals surface area contributed by atoms with Gasteiger partial charge in [-0.15, -0.1) is 12.4 Å². The SMILES string of the molecule is CC(C)(C)c1cc(N)n(-c2ccc(Cl)cc2)n1.Cl. The lowest BCUT2D eigenvalue weighted by Gasteiger charge is -2.14. The van der Waals surface area contributed by atoms with Gasteiger partial charge in [-0.05, 0) is 24.3 Å². The first-order chi connectivity index (χ1) is 7.88. The quantitative estimate of drug-likeness (QED) is 0.865. The van der Waals surface area contributed by atoms with Crippen molar-refractivity contribution in [1.82, 2.24) is 9.78 Å². The zero-order chi connectivity index (χ0) is 12.6. The molecule has 1 aromatic carbocycles. The van der Waals surface area contributed by atoms with E-state index in [-0.39, 0.29) is 17.8 Å². The summed E-state index contributed by atoms with van der Waals surface area (Å²) < 4.78 is 1.73. The average Bonchev–Trinajstić information content (AvgIpc) is 2.61. The van der Waals surface area contributed by atoms with Gasteiger partial charge in [-0.2, -0.15) is 5.10 Å². The minimum Gasteiger partial charge on any atom is -0.384 e. The fraction of sp³-hybridized carbons (Fsp3) is 0.308. The lowest BCUT2D eigenvalue weighted by Crippen LogP contribution is -2.12. The molecule has 1 aromatic heterocycles. The molecule has 0 saturated carbocycles. The van der Waals surface area contributed by atoms with Crippen molar-refractivity contribution >= 4 is 29.8 Å². The summed E-state index contributed by atoms with van der Waals surface area (Å²) in [6, 6.07) is 9.37. The van der Waals surface area contributed by atoms with Crippen molar-refractivity contribution in [3.8, 4) is 5.69 Å². The molecule has 2 rings (SSSR count). The summed E-state index contributed by atoms with van der Waals surface area (Å²) in [7, 11) is 0. The number of nitrogen functional groups attached to an aromatic ring is 1. The van der Waals surface area contributed by atoms with Crippen LogP contribution in [0.3, 0.4) is 0 Å². The van der Waals surface area contributed by atoms with Crippen molar-refractivity contribution in [2.45, 2.75) is 26.2 Å². The van der Waals surface area contributed by atoms with Crippen LogP contribution in [0.1, 0.15) is 26.5 Å². The third-order valence-corrected chi connectivity index (χ3v) is 2.83. The number of rotatable bonds is 1. The van der Waals surface area contributed by atoms with Crippen LogP contribution in [0.4, 0.5) is 5.82 Å². The van der Waals surface area contributed by atoms with Crippen LogP contribution in [0.15, 0.2) is 30.3 Å². The van der Waals surface area contributed by atoms with E-state index >= 15 is 0 Å². The van der Waals surface area contributed by atoms with E-state index in [1.165, 1.54) is 0 Å². The third-order valence-electron chi connectivity index (χ3n) is 2.58. The summed E-state index contributed by atoms with van der Waals surface area (Å²) in [6.07, 6.45) is 0. The highest BCUT2D eigenvalue weighted by Gasteiger charge is 2.19. The van der Waals surface area contributed by atoms with Crippen LogP contribution < -0.4 is 5.73 Å². The van der Waals surface area contributed by atoms with Crippen molar-refractivity contribution in [3.05, 3.63) is 41.0 Å². The molecule has 0 bridgehead atoms. The van der Waals surface area contributed by atoms with Crippen molar-refractivity contribution in [2.24, 2.45) is 0 Å². The van der Waals surface area contributed by atoms with Crippen LogP contribution in [-0.2, 0) is 5.41 Å². The van der Waals surface area contributed by atoms with Crippen LogP contribution in [-0.4, -0.2) is 9.78 Å². The molecule has 0 spiro atoms. The monoisotopic (exact) mass is 285 g/mol. The minimum absolute atomic E-state index is 0. The molecule has 0 atom stereocenters. The van der Waals surface area contributed by atoms with Crippen LogP contribution in [0.25, 0.3) is 5.69 Å². The Hall–Kier alpha value is -1.19. The zero-order valence-corrected chi connectivity index (χ0v) is 12.2. The van der Waals surface area contributed by atoms with E-state index in [2.05, 4.69) is 25.9 Å². The molecular formula is C13H17Cl2N3. The minimum atomic E-state index is -0.00814. The van der Waals surface area contributed by atoms with E-state index in [4.69, 9.17) is 17.3 Å². The summed E-state index contributed by atoms with van der Waals surface area (Å²) in [6.45, 7) is 6.34. The molecule has 0 amide bonds. The highest BCUT2D eigenvalue weighted by atomic mass is 35.5. The molecule has 0 saturated heterocycles. The standard InChI is InChI=1S/C13H16ClN3.ClH/c1-13(2,3)11-8-12(15)17(16-11)10-6-4-9(14)5-7-10;/h4-8H,15H2,1-3H3;1H. The van der Waals surface area contributed by atoms with Crippen LogP contribution in [0.5, 0.6) is 0 Å². The van der Waals surface area contributed by atoms with E-state index in [1.54, 1.807) is 4.68 Å². The summed E-state index contributed by atoms with van der Waals surface area (Å²) in [5, 5.41) is 5.23. The number of anilines is 1. The van der Waals surface area contributed by atoms with Crippen LogP contribution in [0.2, 0.25) is 5.02 Å². The molecular weight excluding hydrogens is 269 g/mol. The smallest absolute Gasteiger partial charge is 0.127 e. The van der Waals surface area contributed by atoms with Gasteiger partial charge in [-0.25, -0.2) is 4.68 Å². The highest BCUT2D eigenvalue weighted by molar-refractivity contribution is 6.30. The van der Waals surface area contributed by atoms with E-state index < -0.39 is 0 Å². The van der Waals surface area contributed by atoms with E-state index in [9.17, 15) is 0 Å². The number of hydrogen-bond donors (Lipinski definition) is 1. The van der Waals surface area contributed by atoms with Crippen molar-refractivity contribution in [3.63, 3.8) is 0 Å². The normalized spacial score (nSPS) is 11.1. The number of benzene rings is 1. The fourth-order valence-corrected chi connectivity index (χ4v) is 1.68. The van der Waals surface area contributed by atoms with Gasteiger partial charge < -0.3 is 5.73 Å². The molecule has 98 valence electrons. The summed E-state index contributed by atoms with van der Waals surface area (Å²) >= 11 is 5.86. The molecule has 5 heteroatoms. The van der Waals surface area contributed by atoms with Gasteiger partial charge in [-0.1, -0.05) is 32.4 Å². The topological polar surface area (TPSA) is 43.8 Å². The van der Waals surface area contributed by atoms with Gasteiger partial charge >= 0.3 is 0 Å². The van der Waals surface area contributed by atoms with Gasteiger partial charge in [0.15, 0.2) is 0 Å². The lowest BCUT2D eigenvalue weighted by atomic mass is 9.92. The predicted molar refractivity (Wildman–Crippen MR) is 78.9 cm³/mol. The second-order valence-electron chi connectivity index (χ2n) is 5.09. The molecule has 0 fully saturated rings. The predicted octanol–water partition coefficient (Wildman–Crippen LogP) is 3.83. The van der Waals surface area contributed by atoms with Gasteiger partial charge in [0.05, 0.1) is 11.4 Å². The summed E-state index contributed by atoms with van der Waals surface area (Å²) in [5.74, 6) is 0.636. The highest BCUT2D eigenvalue weighted by Crippen LogP contribution is 2.25. The maximum Gasteiger partial charge on any atom is 0.127 e. The van der Waals surface area contributed by atoms with E-state index in [0.717, 1.165) is 11.4 Å². The second kappa shape index (κ2) is 5.21. The summed E-state index contributed by atoms with van der Waals surface area (Å²) in [4.78, 5) is 0. The molecule has 0 aliphatic heterocycles. The Labute approximate surface area is 118 Å². The maximum absolute atomic E-state index is 5.98. The molecule has 3 nitrogen and oxygen atoms in total. The molecule has 0 radical (unpaired) electrons. The maximum atomic E-state index is 5.98. The Morgan fingerprint density at radius 3 is 2.17 bits per heavy atom. The molecule has 0 aliphatic rings. The Morgan fingerprint density at radius 2 is 1.72 bits per heavy atom. The second-order valence-corrected chi connectivity index (χ2v) is 5.53. The molecule has 0 aliphatic carbocycles. The molecule has 2 aromatic rings. The van der Waals surface area contributed by atoms with E-state index in [0.29, 0.717) is 10.8 Å². The van der Waals surface area contributed by atoms with Crippen molar-refractivity contribution in [2.75, 3.05) is 5.73 Å². The van der Waals surface area contributed by atoms with Crippen LogP contribution >= 0.6 is 24.0 Å². The summed E-state index contributed by atoms with van der Waals surface area (Å²) in [5.41, 5.74) is 7.86. The Morgan fingerprint density at radius 1 is 1.17 bits per heavy atom. The Bertz CT molecular complexity index is 524. The van der Waals surface area contributed by atoms with E-state index in [1.807, 2.05) is 30.3 Å². The number of aromatic nitrogens is 2. The zero-order valence-electron chi connectivity index (χ0n) is 10.6. The Balaban J connectivity index is 0.00000162. The number of halogens is 2.